The second-order valence-corrected chi connectivity index (χ2v) is 9.75. The first-order chi connectivity index (χ1) is 15.1. The third-order valence-electron chi connectivity index (χ3n) is 4.46. The second kappa shape index (κ2) is 11.7. The van der Waals surface area contributed by atoms with Gasteiger partial charge >= 0.3 is 0 Å². The van der Waals surface area contributed by atoms with E-state index in [1.54, 1.807) is 24.3 Å². The summed E-state index contributed by atoms with van der Waals surface area (Å²) in [5.74, 6) is -0.556. The third-order valence-corrected chi connectivity index (χ3v) is 7.62. The summed E-state index contributed by atoms with van der Waals surface area (Å²) in [7, 11) is -0.446. The number of rotatable bonds is 5. The number of amides is 1. The Morgan fingerprint density at radius 3 is 1.32 bits per heavy atom. The fraction of sp³-hybridized carbons (Fsp3) is 0.0385. The summed E-state index contributed by atoms with van der Waals surface area (Å²) in [5, 5.41) is 4.02. The topological polar surface area (TPSA) is 43.1 Å². The van der Waals surface area contributed by atoms with Crippen LogP contribution in [0.4, 0.5) is 0 Å². The summed E-state index contributed by atoms with van der Waals surface area (Å²) in [4.78, 5) is 10.6. The molecule has 0 saturated heterocycles. The minimum Gasteiger partial charge on any atom is -0.368 e. The zero-order chi connectivity index (χ0) is 22.1. The van der Waals surface area contributed by atoms with Crippen LogP contribution in [0.25, 0.3) is 0 Å². The number of hydrogen-bond donors (Lipinski definition) is 1. The molecular weight excluding hydrogens is 444 g/mol. The van der Waals surface area contributed by atoms with Crippen molar-refractivity contribution >= 4 is 52.9 Å². The van der Waals surface area contributed by atoms with Crippen molar-refractivity contribution in [1.82, 2.24) is 0 Å². The normalized spacial score (nSPS) is 11.3. The lowest BCUT2D eigenvalue weighted by Crippen LogP contribution is -2.20. The van der Waals surface area contributed by atoms with Crippen molar-refractivity contribution in [3.05, 3.63) is 126 Å². The summed E-state index contributed by atoms with van der Waals surface area (Å²) >= 11 is 11.3. The molecule has 5 heteroatoms. The highest BCUT2D eigenvalue weighted by Crippen LogP contribution is 2.32. The van der Waals surface area contributed by atoms with E-state index in [-0.39, 0.29) is 0 Å². The number of primary amides is 1. The van der Waals surface area contributed by atoms with Gasteiger partial charge in [-0.05, 0) is 41.5 Å². The fourth-order valence-corrected chi connectivity index (χ4v) is 5.55. The Labute approximate surface area is 194 Å². The SMILES string of the molecule is NC(=O)C(Cl)c1ccc(Cl)cc1.c1ccc(P(c2ccccc2)c2ccccc2)cc1. The van der Waals surface area contributed by atoms with Crippen LogP contribution in [0, 0.1) is 0 Å². The van der Waals surface area contributed by atoms with E-state index in [9.17, 15) is 4.79 Å². The van der Waals surface area contributed by atoms with Crippen molar-refractivity contribution in [2.45, 2.75) is 5.38 Å². The molecule has 0 heterocycles. The predicted octanol–water partition coefficient (Wildman–Crippen LogP) is 5.55. The van der Waals surface area contributed by atoms with Gasteiger partial charge in [0.2, 0.25) is 5.91 Å². The molecule has 0 bridgehead atoms. The lowest BCUT2D eigenvalue weighted by atomic mass is 10.1. The van der Waals surface area contributed by atoms with Crippen molar-refractivity contribution in [3.8, 4) is 0 Å². The number of benzene rings is 4. The van der Waals surface area contributed by atoms with E-state index < -0.39 is 19.2 Å². The van der Waals surface area contributed by atoms with E-state index in [4.69, 9.17) is 28.9 Å². The first kappa shape index (κ1) is 23.0. The Bertz CT molecular complexity index is 981. The van der Waals surface area contributed by atoms with E-state index in [1.807, 2.05) is 0 Å². The van der Waals surface area contributed by atoms with Gasteiger partial charge in [-0.3, -0.25) is 4.79 Å². The van der Waals surface area contributed by atoms with Crippen LogP contribution in [-0.4, -0.2) is 5.91 Å². The van der Waals surface area contributed by atoms with Crippen molar-refractivity contribution in [2.24, 2.45) is 5.73 Å². The zero-order valence-electron chi connectivity index (χ0n) is 16.7. The largest absolute Gasteiger partial charge is 0.368 e. The van der Waals surface area contributed by atoms with Gasteiger partial charge in [0.25, 0.3) is 0 Å². The van der Waals surface area contributed by atoms with Gasteiger partial charge in [-0.1, -0.05) is 115 Å². The van der Waals surface area contributed by atoms with Gasteiger partial charge in [-0.15, -0.1) is 11.6 Å². The van der Waals surface area contributed by atoms with Crippen LogP contribution >= 0.6 is 31.1 Å². The highest BCUT2D eigenvalue weighted by molar-refractivity contribution is 7.79. The van der Waals surface area contributed by atoms with Crippen molar-refractivity contribution in [2.75, 3.05) is 0 Å². The monoisotopic (exact) mass is 465 g/mol. The number of carbonyl (C=O) groups excluding carboxylic acids is 1. The van der Waals surface area contributed by atoms with Crippen LogP contribution in [0.5, 0.6) is 0 Å². The highest BCUT2D eigenvalue weighted by atomic mass is 35.5. The Kier molecular flexibility index (Phi) is 8.67. The number of halogens is 2. The molecule has 31 heavy (non-hydrogen) atoms. The number of alkyl halides is 1. The molecule has 0 radical (unpaired) electrons. The van der Waals surface area contributed by atoms with Crippen LogP contribution in [-0.2, 0) is 4.79 Å². The molecule has 0 aromatic heterocycles. The summed E-state index contributed by atoms with van der Waals surface area (Å²) in [6, 6.07) is 39.0. The van der Waals surface area contributed by atoms with E-state index >= 15 is 0 Å². The van der Waals surface area contributed by atoms with E-state index in [0.29, 0.717) is 10.6 Å². The molecule has 156 valence electrons. The van der Waals surface area contributed by atoms with E-state index in [1.165, 1.54) is 15.9 Å². The molecule has 0 aliphatic rings. The molecule has 2 N–H and O–H groups in total. The molecule has 0 saturated carbocycles. The fourth-order valence-electron chi connectivity index (χ4n) is 2.97. The molecule has 1 atom stereocenters. The maximum absolute atomic E-state index is 10.6. The Morgan fingerprint density at radius 1 is 0.645 bits per heavy atom. The van der Waals surface area contributed by atoms with Crippen LogP contribution in [0.3, 0.4) is 0 Å². The predicted molar refractivity (Wildman–Crippen MR) is 134 cm³/mol. The molecule has 4 aromatic rings. The zero-order valence-corrected chi connectivity index (χ0v) is 19.1. The van der Waals surface area contributed by atoms with E-state index in [2.05, 4.69) is 91.0 Å². The van der Waals surface area contributed by atoms with Gasteiger partial charge in [-0.2, -0.15) is 0 Å². The van der Waals surface area contributed by atoms with Gasteiger partial charge in [0.1, 0.15) is 5.38 Å². The van der Waals surface area contributed by atoms with Crippen LogP contribution in [0.2, 0.25) is 5.02 Å². The number of nitrogens with two attached hydrogens (primary N) is 1. The molecule has 0 spiro atoms. The third kappa shape index (κ3) is 6.67. The second-order valence-electron chi connectivity index (χ2n) is 6.66. The minimum atomic E-state index is -0.776. The van der Waals surface area contributed by atoms with Gasteiger partial charge in [0, 0.05) is 5.02 Å². The molecule has 4 aromatic carbocycles. The summed E-state index contributed by atoms with van der Waals surface area (Å²) in [6.07, 6.45) is 0. The Hall–Kier alpha value is -2.64. The molecule has 1 amide bonds. The Morgan fingerprint density at radius 2 is 1.00 bits per heavy atom. The van der Waals surface area contributed by atoms with Crippen molar-refractivity contribution in [3.63, 3.8) is 0 Å². The number of carbonyl (C=O) groups is 1. The lowest BCUT2D eigenvalue weighted by molar-refractivity contribution is -0.117. The van der Waals surface area contributed by atoms with Crippen LogP contribution < -0.4 is 21.6 Å². The lowest BCUT2D eigenvalue weighted by Gasteiger charge is -2.18. The van der Waals surface area contributed by atoms with Crippen molar-refractivity contribution < 1.29 is 4.79 Å². The van der Waals surface area contributed by atoms with Crippen LogP contribution in [0.15, 0.2) is 115 Å². The maximum atomic E-state index is 10.6. The van der Waals surface area contributed by atoms with Crippen molar-refractivity contribution in [1.29, 1.82) is 0 Å². The molecule has 0 aliphatic heterocycles. The van der Waals surface area contributed by atoms with Gasteiger partial charge in [0.05, 0.1) is 0 Å². The Balaban J connectivity index is 0.000000196. The van der Waals surface area contributed by atoms with E-state index in [0.717, 1.165) is 0 Å². The molecule has 2 nitrogen and oxygen atoms in total. The standard InChI is InChI=1S/C18H15P.C8H7Cl2NO/c1-4-10-16(11-5-1)19(17-12-6-2-7-13-17)18-14-8-3-9-15-18;9-6-3-1-5(2-4-6)7(10)8(11)12/h1-15H;1-4,7H,(H2,11,12). The maximum Gasteiger partial charge on any atom is 0.240 e. The van der Waals surface area contributed by atoms with Gasteiger partial charge < -0.3 is 5.73 Å². The summed E-state index contributed by atoms with van der Waals surface area (Å²) in [5.41, 5.74) is 5.66. The molecule has 0 aliphatic carbocycles. The molecular formula is C26H22Cl2NOP. The molecule has 0 fully saturated rings. The first-order valence-corrected chi connectivity index (χ1v) is 11.9. The summed E-state index contributed by atoms with van der Waals surface area (Å²) in [6.45, 7) is 0. The number of hydrogen-bond acceptors (Lipinski definition) is 1. The smallest absolute Gasteiger partial charge is 0.240 e. The van der Waals surface area contributed by atoms with Gasteiger partial charge in [0.15, 0.2) is 0 Å². The van der Waals surface area contributed by atoms with Crippen LogP contribution in [0.1, 0.15) is 10.9 Å². The summed E-state index contributed by atoms with van der Waals surface area (Å²) < 4.78 is 0. The highest BCUT2D eigenvalue weighted by Gasteiger charge is 2.15. The average Bonchev–Trinajstić information content (AvgIpc) is 2.82. The molecule has 1 unspecified atom stereocenters. The first-order valence-electron chi connectivity index (χ1n) is 9.70. The average molecular weight is 466 g/mol. The minimum absolute atomic E-state index is 0.446. The molecule has 4 rings (SSSR count). The van der Waals surface area contributed by atoms with Gasteiger partial charge in [-0.25, -0.2) is 0 Å². The quantitative estimate of drug-likeness (QED) is 0.304.